The molecule has 3 aromatic rings. The van der Waals surface area contributed by atoms with E-state index in [4.69, 9.17) is 20.8 Å². The van der Waals surface area contributed by atoms with Gasteiger partial charge < -0.3 is 14.3 Å². The number of carbonyl (C=O) groups is 2. The molecule has 2 atom stereocenters. The largest absolute Gasteiger partial charge is 0.462 e. The summed E-state index contributed by atoms with van der Waals surface area (Å²) in [6.07, 6.45) is 1.88. The number of hydrogen-bond acceptors (Lipinski definition) is 5. The lowest BCUT2D eigenvalue weighted by Crippen LogP contribution is -2.15. The maximum Gasteiger partial charge on any atom is 0.333 e. The molecule has 26 heavy (non-hydrogen) atoms. The van der Waals surface area contributed by atoms with E-state index in [0.717, 1.165) is 0 Å². The van der Waals surface area contributed by atoms with Gasteiger partial charge in [0.2, 0.25) is 0 Å². The van der Waals surface area contributed by atoms with E-state index in [2.05, 4.69) is 6.58 Å². The van der Waals surface area contributed by atoms with E-state index in [0.29, 0.717) is 21.5 Å². The van der Waals surface area contributed by atoms with Crippen LogP contribution in [0.2, 0.25) is 5.02 Å². The van der Waals surface area contributed by atoms with Crippen molar-refractivity contribution in [2.45, 2.75) is 6.10 Å². The van der Waals surface area contributed by atoms with Crippen LogP contribution in [-0.4, -0.2) is 28.2 Å². The Morgan fingerprint density at radius 1 is 1.38 bits per heavy atom. The van der Waals surface area contributed by atoms with E-state index in [9.17, 15) is 14.7 Å². The third-order valence-electron chi connectivity index (χ3n) is 4.55. The summed E-state index contributed by atoms with van der Waals surface area (Å²) in [6, 6.07) is 8.21. The van der Waals surface area contributed by atoms with Gasteiger partial charge in [0.25, 0.3) is 5.91 Å². The van der Waals surface area contributed by atoms with Gasteiger partial charge in [-0.2, -0.15) is 0 Å². The highest BCUT2D eigenvalue weighted by atomic mass is 35.5. The lowest BCUT2D eigenvalue weighted by atomic mass is 9.92. The number of hydrogen-bond donors (Lipinski definition) is 1. The van der Waals surface area contributed by atoms with Gasteiger partial charge in [0.05, 0.1) is 23.8 Å². The monoisotopic (exact) mass is 371 g/mol. The van der Waals surface area contributed by atoms with E-state index in [-0.39, 0.29) is 23.8 Å². The Morgan fingerprint density at radius 3 is 2.85 bits per heavy atom. The summed E-state index contributed by atoms with van der Waals surface area (Å²) in [5.74, 6) is -1.32. The normalized spacial score (nSPS) is 18.3. The summed E-state index contributed by atoms with van der Waals surface area (Å²) in [6.45, 7) is 3.73. The first-order valence-corrected chi connectivity index (χ1v) is 8.28. The van der Waals surface area contributed by atoms with Crippen molar-refractivity contribution in [2.75, 3.05) is 6.61 Å². The van der Waals surface area contributed by atoms with Crippen molar-refractivity contribution in [3.8, 4) is 0 Å². The van der Waals surface area contributed by atoms with Crippen LogP contribution in [0.3, 0.4) is 0 Å². The predicted octanol–water partition coefficient (Wildman–Crippen LogP) is 3.34. The predicted molar refractivity (Wildman–Crippen MR) is 93.9 cm³/mol. The van der Waals surface area contributed by atoms with Crippen LogP contribution in [0.1, 0.15) is 22.2 Å². The number of rotatable bonds is 3. The number of fused-ring (bicyclic) bond motifs is 1. The summed E-state index contributed by atoms with van der Waals surface area (Å²) in [5.41, 5.74) is 1.24. The Kier molecular flexibility index (Phi) is 3.94. The maximum absolute atomic E-state index is 12.7. The molecule has 7 heteroatoms. The van der Waals surface area contributed by atoms with Crippen LogP contribution in [0.15, 0.2) is 59.4 Å². The van der Waals surface area contributed by atoms with Crippen LogP contribution in [0, 0.1) is 5.92 Å². The van der Waals surface area contributed by atoms with Crippen molar-refractivity contribution < 1.29 is 23.8 Å². The van der Waals surface area contributed by atoms with Crippen LogP contribution in [-0.2, 0) is 9.53 Å². The average Bonchev–Trinajstić information content (AvgIpc) is 3.34. The van der Waals surface area contributed by atoms with Crippen LogP contribution in [0.5, 0.6) is 0 Å². The number of ether oxygens (including phenoxy) is 1. The first kappa shape index (κ1) is 16.6. The van der Waals surface area contributed by atoms with E-state index >= 15 is 0 Å². The number of halogens is 1. The number of aromatic nitrogens is 1. The summed E-state index contributed by atoms with van der Waals surface area (Å²) in [4.78, 5) is 24.3. The molecule has 0 bridgehead atoms. The van der Waals surface area contributed by atoms with E-state index in [1.54, 1.807) is 30.3 Å². The second kappa shape index (κ2) is 6.16. The second-order valence-electron chi connectivity index (χ2n) is 6.07. The van der Waals surface area contributed by atoms with Gasteiger partial charge in [0.1, 0.15) is 6.61 Å². The van der Waals surface area contributed by atoms with Gasteiger partial charge in [-0.1, -0.05) is 18.2 Å². The molecule has 2 aromatic heterocycles. The zero-order valence-electron chi connectivity index (χ0n) is 13.5. The molecule has 0 radical (unpaired) electrons. The smallest absolute Gasteiger partial charge is 0.333 e. The van der Waals surface area contributed by atoms with Crippen LogP contribution in [0.25, 0.3) is 10.9 Å². The van der Waals surface area contributed by atoms with Gasteiger partial charge >= 0.3 is 5.97 Å². The van der Waals surface area contributed by atoms with Crippen LogP contribution >= 0.6 is 11.6 Å². The molecule has 0 spiro atoms. The third-order valence-corrected chi connectivity index (χ3v) is 4.79. The Balaban J connectivity index is 1.85. The van der Waals surface area contributed by atoms with E-state index in [1.807, 2.05) is 0 Å². The lowest BCUT2D eigenvalue weighted by Gasteiger charge is -2.15. The van der Waals surface area contributed by atoms with Gasteiger partial charge in [-0.05, 0) is 30.3 Å². The van der Waals surface area contributed by atoms with Gasteiger partial charge in [0, 0.05) is 27.7 Å². The molecule has 1 aliphatic rings. The zero-order valence-corrected chi connectivity index (χ0v) is 14.3. The van der Waals surface area contributed by atoms with Gasteiger partial charge in [-0.25, -0.2) is 4.79 Å². The maximum atomic E-state index is 12.7. The van der Waals surface area contributed by atoms with E-state index < -0.39 is 18.0 Å². The summed E-state index contributed by atoms with van der Waals surface area (Å²) in [5, 5.41) is 11.9. The Hall–Kier alpha value is -2.83. The number of aliphatic hydroxyl groups excluding tert-OH is 1. The molecule has 1 saturated heterocycles. The fourth-order valence-electron chi connectivity index (χ4n) is 3.16. The standard InChI is InChI=1S/C19H14ClNO5/c1-10-14(9-26-19(10)24)17(22)13-8-21(18(23)16-3-2-6-25-16)15-5-4-11(20)7-12(13)15/h2-8,14,17,22H,1,9H2. The molecule has 1 aromatic carbocycles. The molecular weight excluding hydrogens is 358 g/mol. The minimum absolute atomic E-state index is 0.0399. The summed E-state index contributed by atoms with van der Waals surface area (Å²) in [7, 11) is 0. The fraction of sp³-hybridized carbons (Fsp3) is 0.158. The molecule has 6 nitrogen and oxygen atoms in total. The topological polar surface area (TPSA) is 81.7 Å². The molecule has 4 rings (SSSR count). The lowest BCUT2D eigenvalue weighted by molar-refractivity contribution is -0.135. The Bertz CT molecular complexity index is 1030. The van der Waals surface area contributed by atoms with Crippen molar-refractivity contribution in [3.63, 3.8) is 0 Å². The average molecular weight is 372 g/mol. The number of furan rings is 1. The van der Waals surface area contributed by atoms with Crippen LogP contribution in [0.4, 0.5) is 0 Å². The zero-order chi connectivity index (χ0) is 18.4. The highest BCUT2D eigenvalue weighted by molar-refractivity contribution is 6.31. The Labute approximate surface area is 153 Å². The third kappa shape index (κ3) is 2.55. The molecule has 3 heterocycles. The highest BCUT2D eigenvalue weighted by Crippen LogP contribution is 2.37. The minimum atomic E-state index is -1.07. The summed E-state index contributed by atoms with van der Waals surface area (Å²) < 4.78 is 11.5. The van der Waals surface area contributed by atoms with Crippen LogP contribution < -0.4 is 0 Å². The SMILES string of the molecule is C=C1C(=O)OCC1C(O)c1cn(C(=O)c2ccco2)c2ccc(Cl)cc12. The minimum Gasteiger partial charge on any atom is -0.462 e. The number of cyclic esters (lactones) is 1. The quantitative estimate of drug-likeness (QED) is 0.564. The van der Waals surface area contributed by atoms with Gasteiger partial charge in [0.15, 0.2) is 5.76 Å². The van der Waals surface area contributed by atoms with Crippen molar-refractivity contribution in [3.05, 3.63) is 71.3 Å². The fourth-order valence-corrected chi connectivity index (χ4v) is 3.33. The highest BCUT2D eigenvalue weighted by Gasteiger charge is 2.36. The molecule has 1 fully saturated rings. The molecule has 132 valence electrons. The van der Waals surface area contributed by atoms with Crippen molar-refractivity contribution in [1.82, 2.24) is 4.57 Å². The van der Waals surface area contributed by atoms with E-state index in [1.165, 1.54) is 17.0 Å². The number of nitrogens with zero attached hydrogens (tertiary/aromatic N) is 1. The van der Waals surface area contributed by atoms with Crippen molar-refractivity contribution >= 4 is 34.4 Å². The number of esters is 1. The Morgan fingerprint density at radius 2 is 2.19 bits per heavy atom. The first-order valence-electron chi connectivity index (χ1n) is 7.90. The molecule has 0 aliphatic carbocycles. The second-order valence-corrected chi connectivity index (χ2v) is 6.51. The molecule has 2 unspecified atom stereocenters. The number of aliphatic hydroxyl groups is 1. The molecule has 0 amide bonds. The van der Waals surface area contributed by atoms with Crippen molar-refractivity contribution in [2.24, 2.45) is 5.92 Å². The van der Waals surface area contributed by atoms with Crippen molar-refractivity contribution in [1.29, 1.82) is 0 Å². The molecule has 0 saturated carbocycles. The summed E-state index contributed by atoms with van der Waals surface area (Å²) >= 11 is 6.10. The number of carbonyl (C=O) groups excluding carboxylic acids is 2. The number of benzene rings is 1. The van der Waals surface area contributed by atoms with Gasteiger partial charge in [-0.15, -0.1) is 0 Å². The molecule has 1 aliphatic heterocycles. The molecule has 1 N–H and O–H groups in total. The molecular formula is C19H14ClNO5. The van der Waals surface area contributed by atoms with Gasteiger partial charge in [-0.3, -0.25) is 9.36 Å². The first-order chi connectivity index (χ1) is 12.5.